The maximum absolute atomic E-state index is 15.0. The van der Waals surface area contributed by atoms with E-state index in [-0.39, 0.29) is 43.9 Å². The molecule has 3 saturated heterocycles. The number of ether oxygens (including phenoxy) is 3. The van der Waals surface area contributed by atoms with Crippen molar-refractivity contribution in [2.75, 3.05) is 60.6 Å². The Bertz CT molecular complexity index is 1870. The van der Waals surface area contributed by atoms with Gasteiger partial charge in [-0.25, -0.2) is 23.2 Å². The molecule has 3 atom stereocenters. The van der Waals surface area contributed by atoms with Crippen molar-refractivity contribution in [3.8, 4) is 5.75 Å². The topological polar surface area (TPSA) is 109 Å². The number of hydrogen-bond donors (Lipinski definition) is 1. The molecule has 12 nitrogen and oxygen atoms in total. The van der Waals surface area contributed by atoms with E-state index < -0.39 is 29.3 Å². The van der Waals surface area contributed by atoms with Gasteiger partial charge in [0.15, 0.2) is 12.0 Å². The van der Waals surface area contributed by atoms with Crippen molar-refractivity contribution in [2.24, 2.45) is 0 Å². The van der Waals surface area contributed by atoms with Crippen LogP contribution in [0.3, 0.4) is 0 Å². The highest BCUT2D eigenvalue weighted by Crippen LogP contribution is 2.38. The molecule has 1 N–H and O–H groups in total. The number of aromatic nitrogens is 3. The van der Waals surface area contributed by atoms with Gasteiger partial charge in [0.1, 0.15) is 42.2 Å². The van der Waals surface area contributed by atoms with Gasteiger partial charge >= 0.3 is 6.03 Å². The molecular formula is C41H51F2N7O5. The van der Waals surface area contributed by atoms with Gasteiger partial charge in [0.2, 0.25) is 0 Å². The Morgan fingerprint density at radius 1 is 0.927 bits per heavy atom. The monoisotopic (exact) mass is 759 g/mol. The minimum atomic E-state index is -1.24. The van der Waals surface area contributed by atoms with Crippen LogP contribution in [0.4, 0.5) is 30.6 Å². The van der Waals surface area contributed by atoms with Gasteiger partial charge in [-0.2, -0.15) is 5.10 Å². The number of aliphatic hydroxyl groups is 1. The van der Waals surface area contributed by atoms with E-state index in [1.165, 1.54) is 29.5 Å². The van der Waals surface area contributed by atoms with Crippen molar-refractivity contribution in [2.45, 2.75) is 83.1 Å². The van der Waals surface area contributed by atoms with E-state index in [1.54, 1.807) is 9.80 Å². The smallest absolute Gasteiger partial charge is 0.327 e. The van der Waals surface area contributed by atoms with E-state index in [0.29, 0.717) is 12.2 Å². The van der Waals surface area contributed by atoms with Gasteiger partial charge in [-0.05, 0) is 81.3 Å². The van der Waals surface area contributed by atoms with E-state index in [9.17, 15) is 18.7 Å². The second-order valence-corrected chi connectivity index (χ2v) is 15.0. The minimum Gasteiger partial charge on any atom is -0.488 e. The molecule has 0 bridgehead atoms. The number of nitrogens with zero attached hydrogens (tertiary/aromatic N) is 7. The van der Waals surface area contributed by atoms with Crippen LogP contribution in [-0.4, -0.2) is 94.8 Å². The lowest BCUT2D eigenvalue weighted by Gasteiger charge is -2.37. The fourth-order valence-corrected chi connectivity index (χ4v) is 8.00. The third-order valence-corrected chi connectivity index (χ3v) is 10.8. The van der Waals surface area contributed by atoms with E-state index >= 15 is 0 Å². The quantitative estimate of drug-likeness (QED) is 0.135. The van der Waals surface area contributed by atoms with Crippen LogP contribution in [0.1, 0.15) is 58.4 Å². The highest BCUT2D eigenvalue weighted by molar-refractivity contribution is 5.95. The number of amides is 2. The van der Waals surface area contributed by atoms with Gasteiger partial charge in [0, 0.05) is 60.9 Å². The Morgan fingerprint density at radius 3 is 2.22 bits per heavy atom. The second kappa shape index (κ2) is 16.5. The first-order valence-corrected chi connectivity index (χ1v) is 19.3. The Morgan fingerprint density at radius 2 is 1.60 bits per heavy atom. The summed E-state index contributed by atoms with van der Waals surface area (Å²) in [6, 6.07) is 19.1. The van der Waals surface area contributed by atoms with Crippen molar-refractivity contribution >= 4 is 23.1 Å². The number of anilines is 3. The fourth-order valence-electron chi connectivity index (χ4n) is 8.00. The molecule has 0 aliphatic carbocycles. The summed E-state index contributed by atoms with van der Waals surface area (Å²) in [4.78, 5) is 25.5. The number of hydrogen-bond acceptors (Lipinski definition) is 9. The SMILES string of the molecule is CCCCCC[C@@]1(O)CN(c2ccc(N3CCN(c4ccc(OC[C@H]5OC[C@](Cn6cncn6)(c6ccc(F)cc6F)O5)cc4)CC3)cc2)C(=O)N1C(C)C. The maximum Gasteiger partial charge on any atom is 0.327 e. The van der Waals surface area contributed by atoms with E-state index in [1.807, 2.05) is 50.2 Å². The van der Waals surface area contributed by atoms with Crippen molar-refractivity contribution in [3.63, 3.8) is 0 Å². The first-order chi connectivity index (χ1) is 26.6. The Balaban J connectivity index is 0.908. The molecule has 0 unspecified atom stereocenters. The lowest BCUT2D eigenvalue weighted by molar-refractivity contribution is -0.117. The average Bonchev–Trinajstić information content (AvgIpc) is 3.91. The van der Waals surface area contributed by atoms with Crippen LogP contribution in [0.5, 0.6) is 5.75 Å². The van der Waals surface area contributed by atoms with E-state index in [0.717, 1.165) is 75.0 Å². The predicted molar refractivity (Wildman–Crippen MR) is 205 cm³/mol. The van der Waals surface area contributed by atoms with Crippen LogP contribution in [-0.2, 0) is 21.6 Å². The van der Waals surface area contributed by atoms with Gasteiger partial charge < -0.3 is 29.1 Å². The zero-order valence-corrected chi connectivity index (χ0v) is 31.8. The van der Waals surface area contributed by atoms with Crippen molar-refractivity contribution < 1.29 is 32.9 Å². The number of benzene rings is 3. The van der Waals surface area contributed by atoms with Crippen LogP contribution < -0.4 is 19.4 Å². The normalized spacial score (nSPS) is 23.0. The van der Waals surface area contributed by atoms with Crippen LogP contribution in [0.25, 0.3) is 0 Å². The van der Waals surface area contributed by atoms with Gasteiger partial charge in [-0.3, -0.25) is 9.80 Å². The van der Waals surface area contributed by atoms with Crippen molar-refractivity contribution in [3.05, 3.63) is 96.6 Å². The molecule has 3 aromatic carbocycles. The third-order valence-electron chi connectivity index (χ3n) is 10.8. The summed E-state index contributed by atoms with van der Waals surface area (Å²) in [7, 11) is 0. The molecule has 0 saturated carbocycles. The second-order valence-electron chi connectivity index (χ2n) is 15.0. The summed E-state index contributed by atoms with van der Waals surface area (Å²) in [5.41, 5.74) is 0.737. The highest BCUT2D eigenvalue weighted by atomic mass is 19.1. The maximum atomic E-state index is 15.0. The Hall–Kier alpha value is -4.79. The summed E-state index contributed by atoms with van der Waals surface area (Å²) in [6.45, 7) is 9.91. The van der Waals surface area contributed by atoms with Crippen LogP contribution in [0.15, 0.2) is 79.4 Å². The molecule has 0 spiro atoms. The molecule has 1 aromatic heterocycles. The average molecular weight is 760 g/mol. The number of rotatable bonds is 15. The molecule has 3 aliphatic rings. The van der Waals surface area contributed by atoms with Gasteiger partial charge in [0.05, 0.1) is 19.7 Å². The summed E-state index contributed by atoms with van der Waals surface area (Å²) in [6.07, 6.45) is 6.86. The van der Waals surface area contributed by atoms with Gasteiger partial charge in [-0.15, -0.1) is 0 Å². The molecule has 55 heavy (non-hydrogen) atoms. The molecule has 2 amide bonds. The largest absolute Gasteiger partial charge is 0.488 e. The molecule has 4 aromatic rings. The zero-order chi connectivity index (χ0) is 38.6. The number of urea groups is 1. The zero-order valence-electron chi connectivity index (χ0n) is 31.8. The van der Waals surface area contributed by atoms with Gasteiger partial charge in [0.25, 0.3) is 0 Å². The van der Waals surface area contributed by atoms with Crippen LogP contribution >= 0.6 is 0 Å². The number of unbranched alkanes of at least 4 members (excludes halogenated alkanes) is 3. The van der Waals surface area contributed by atoms with Gasteiger partial charge in [-0.1, -0.05) is 32.3 Å². The number of carbonyl (C=O) groups excluding carboxylic acids is 1. The third kappa shape index (κ3) is 8.41. The summed E-state index contributed by atoms with van der Waals surface area (Å²) >= 11 is 0. The number of β-amino-alcohol motifs (C(OH)–C–C–N with tert-alkyl or cyclic N) is 1. The number of piperazine rings is 1. The Kier molecular flexibility index (Phi) is 11.6. The number of carbonyl (C=O) groups is 1. The summed E-state index contributed by atoms with van der Waals surface area (Å²) in [5.74, 6) is -0.763. The summed E-state index contributed by atoms with van der Waals surface area (Å²) in [5, 5.41) is 15.7. The van der Waals surface area contributed by atoms with Crippen molar-refractivity contribution in [1.29, 1.82) is 0 Å². The Labute approximate surface area is 321 Å². The molecule has 14 heteroatoms. The van der Waals surface area contributed by atoms with Crippen LogP contribution in [0, 0.1) is 11.6 Å². The molecule has 7 rings (SSSR count). The molecule has 0 radical (unpaired) electrons. The lowest BCUT2D eigenvalue weighted by atomic mass is 9.94. The fraction of sp³-hybridized carbons (Fsp3) is 0.488. The lowest BCUT2D eigenvalue weighted by Crippen LogP contribution is -2.50. The van der Waals surface area contributed by atoms with Crippen molar-refractivity contribution in [1.82, 2.24) is 19.7 Å². The van der Waals surface area contributed by atoms with E-state index in [2.05, 4.69) is 38.9 Å². The minimum absolute atomic E-state index is 0.0251. The predicted octanol–water partition coefficient (Wildman–Crippen LogP) is 6.54. The molecule has 4 heterocycles. The first-order valence-electron chi connectivity index (χ1n) is 19.3. The summed E-state index contributed by atoms with van der Waals surface area (Å²) < 4.78 is 48.4. The molecular weight excluding hydrogens is 708 g/mol. The van der Waals surface area contributed by atoms with Crippen LogP contribution in [0.2, 0.25) is 0 Å². The first kappa shape index (κ1) is 38.5. The molecule has 294 valence electrons. The molecule has 3 fully saturated rings. The number of halogens is 2. The standard InChI is InChI=1S/C41H51F2N7O5/c1-4-5-6-7-18-41(52)26-49(39(51)50(41)30(2)3)34-11-9-32(10-12-34)46-19-21-47(22-20-46)33-13-15-35(16-14-33)53-24-38-54-27-40(55-38,25-48-29-44-28-45-48)36-17-8-31(42)23-37(36)43/h8-17,23,28-30,38,52H,4-7,18-22,24-27H2,1-3H3/t38-,40+,41+/m0/s1. The highest BCUT2D eigenvalue weighted by Gasteiger charge is 2.50. The van der Waals surface area contributed by atoms with E-state index in [4.69, 9.17) is 14.2 Å². The molecule has 3 aliphatic heterocycles.